The zero-order valence-electron chi connectivity index (χ0n) is 10.8. The fourth-order valence-electron chi connectivity index (χ4n) is 2.41. The number of fused-ring (bicyclic) bond motifs is 1. The molecule has 0 saturated carbocycles. The summed E-state index contributed by atoms with van der Waals surface area (Å²) in [5, 5.41) is 6.33. The maximum Gasteiger partial charge on any atom is 0.316 e. The van der Waals surface area contributed by atoms with Crippen molar-refractivity contribution in [1.82, 2.24) is 5.01 Å². The molecule has 98 valence electrons. The smallest absolute Gasteiger partial charge is 0.316 e. The Hall–Kier alpha value is -2.62. The van der Waals surface area contributed by atoms with Crippen molar-refractivity contribution in [2.75, 3.05) is 6.54 Å². The predicted molar refractivity (Wildman–Crippen MR) is 77.4 cm³/mol. The molecule has 2 heterocycles. The summed E-state index contributed by atoms with van der Waals surface area (Å²) in [6.07, 6.45) is 0. The Kier molecular flexibility index (Phi) is 2.52. The van der Waals surface area contributed by atoms with Gasteiger partial charge < -0.3 is 4.74 Å². The van der Waals surface area contributed by atoms with Crippen LogP contribution in [0.25, 0.3) is 0 Å². The maximum atomic E-state index is 5.75. The molecule has 0 amide bonds. The number of hydrazone groups is 1. The van der Waals surface area contributed by atoms with Crippen LogP contribution in [-0.4, -0.2) is 23.5 Å². The van der Waals surface area contributed by atoms with E-state index in [-0.39, 0.29) is 6.04 Å². The first-order chi connectivity index (χ1) is 9.90. The van der Waals surface area contributed by atoms with Crippen molar-refractivity contribution >= 4 is 11.9 Å². The summed E-state index contributed by atoms with van der Waals surface area (Å²) in [5.74, 6) is 0.621. The van der Waals surface area contributed by atoms with E-state index >= 15 is 0 Å². The number of hydrogen-bond donors (Lipinski definition) is 0. The molecule has 0 fully saturated rings. The summed E-state index contributed by atoms with van der Waals surface area (Å²) in [7, 11) is 0. The minimum Gasteiger partial charge on any atom is -0.403 e. The van der Waals surface area contributed by atoms with Crippen LogP contribution in [0.15, 0.2) is 70.8 Å². The number of hydrogen-bond acceptors (Lipinski definition) is 4. The molecule has 4 rings (SSSR count). The molecule has 20 heavy (non-hydrogen) atoms. The van der Waals surface area contributed by atoms with Gasteiger partial charge in [0.15, 0.2) is 0 Å². The summed E-state index contributed by atoms with van der Waals surface area (Å²) < 4.78 is 5.75. The van der Waals surface area contributed by atoms with Crippen LogP contribution in [0.2, 0.25) is 0 Å². The van der Waals surface area contributed by atoms with Crippen molar-refractivity contribution in [3.05, 3.63) is 71.8 Å². The highest BCUT2D eigenvalue weighted by Crippen LogP contribution is 2.28. The van der Waals surface area contributed by atoms with Gasteiger partial charge in [-0.05, 0) is 17.7 Å². The molecule has 0 saturated heterocycles. The lowest BCUT2D eigenvalue weighted by molar-refractivity contribution is 0.428. The molecule has 4 nitrogen and oxygen atoms in total. The van der Waals surface area contributed by atoms with Crippen LogP contribution < -0.4 is 0 Å². The van der Waals surface area contributed by atoms with Crippen molar-refractivity contribution in [2.24, 2.45) is 10.1 Å². The van der Waals surface area contributed by atoms with E-state index in [2.05, 4.69) is 22.2 Å². The molecule has 1 atom stereocenters. The number of benzene rings is 2. The van der Waals surface area contributed by atoms with E-state index in [1.807, 2.05) is 53.5 Å². The molecule has 0 spiro atoms. The Bertz CT molecular complexity index is 679. The number of nitrogens with zero attached hydrogens (tertiary/aromatic N) is 3. The third kappa shape index (κ3) is 1.86. The number of amidine groups is 1. The molecular weight excluding hydrogens is 250 g/mol. The van der Waals surface area contributed by atoms with Crippen LogP contribution in [0.5, 0.6) is 0 Å². The van der Waals surface area contributed by atoms with Gasteiger partial charge in [-0.1, -0.05) is 48.5 Å². The van der Waals surface area contributed by atoms with Gasteiger partial charge in [0.1, 0.15) is 6.04 Å². The van der Waals surface area contributed by atoms with Gasteiger partial charge in [-0.3, -0.25) is 0 Å². The van der Waals surface area contributed by atoms with Crippen LogP contribution in [0.1, 0.15) is 17.2 Å². The normalized spacial score (nSPS) is 20.2. The van der Waals surface area contributed by atoms with Gasteiger partial charge >= 0.3 is 6.02 Å². The number of rotatable bonds is 2. The maximum absolute atomic E-state index is 5.75. The Morgan fingerprint density at radius 2 is 1.65 bits per heavy atom. The number of aliphatic imine (C=N–C) groups is 1. The average molecular weight is 263 g/mol. The highest BCUT2D eigenvalue weighted by atomic mass is 16.5. The Balaban J connectivity index is 1.56. The molecule has 2 aromatic rings. The molecule has 2 aliphatic rings. The van der Waals surface area contributed by atoms with Crippen LogP contribution in [-0.2, 0) is 4.74 Å². The molecule has 0 radical (unpaired) electrons. The molecule has 2 aliphatic heterocycles. The molecule has 1 unspecified atom stereocenters. The zero-order chi connectivity index (χ0) is 13.4. The first kappa shape index (κ1) is 11.2. The first-order valence-electron chi connectivity index (χ1n) is 6.62. The molecule has 0 aliphatic carbocycles. The van der Waals surface area contributed by atoms with E-state index in [1.54, 1.807) is 0 Å². The lowest BCUT2D eigenvalue weighted by Crippen LogP contribution is -2.18. The Labute approximate surface area is 117 Å². The second-order valence-electron chi connectivity index (χ2n) is 4.79. The van der Waals surface area contributed by atoms with Gasteiger partial charge in [0.05, 0.1) is 6.54 Å². The fourth-order valence-corrected chi connectivity index (χ4v) is 2.41. The van der Waals surface area contributed by atoms with Crippen LogP contribution in [0.4, 0.5) is 0 Å². The van der Waals surface area contributed by atoms with Crippen LogP contribution in [0, 0.1) is 0 Å². The van der Waals surface area contributed by atoms with Crippen LogP contribution >= 0.6 is 0 Å². The minimum atomic E-state index is 0.104. The standard InChI is InChI=1S/C16H13N3O/c1-3-7-12(8-4-1)14-11-19-16(17-14)20-15(18-19)13-9-5-2-6-10-13/h1-10,14H,11H2. The van der Waals surface area contributed by atoms with Gasteiger partial charge in [-0.25, -0.2) is 10.0 Å². The van der Waals surface area contributed by atoms with E-state index < -0.39 is 0 Å². The Morgan fingerprint density at radius 1 is 0.950 bits per heavy atom. The SMILES string of the molecule is c1ccc(C2=NN3CC(c4ccccc4)N=C3O2)cc1. The van der Waals surface area contributed by atoms with Gasteiger partial charge in [0.25, 0.3) is 0 Å². The highest BCUT2D eigenvalue weighted by Gasteiger charge is 2.34. The summed E-state index contributed by atoms with van der Waals surface area (Å²) in [4.78, 5) is 4.60. The highest BCUT2D eigenvalue weighted by molar-refractivity contribution is 6.04. The summed E-state index contributed by atoms with van der Waals surface area (Å²) in [6, 6.07) is 20.8. The molecule has 4 heteroatoms. The topological polar surface area (TPSA) is 37.2 Å². The van der Waals surface area contributed by atoms with E-state index in [0.29, 0.717) is 11.9 Å². The summed E-state index contributed by atoms with van der Waals surface area (Å²) >= 11 is 0. The lowest BCUT2D eigenvalue weighted by Gasteiger charge is -2.08. The van der Waals surface area contributed by atoms with E-state index in [4.69, 9.17) is 4.74 Å². The van der Waals surface area contributed by atoms with E-state index in [1.165, 1.54) is 5.56 Å². The van der Waals surface area contributed by atoms with Gasteiger partial charge in [-0.2, -0.15) is 0 Å². The van der Waals surface area contributed by atoms with Crippen LogP contribution in [0.3, 0.4) is 0 Å². The summed E-state index contributed by atoms with van der Waals surface area (Å²) in [5.41, 5.74) is 2.16. The van der Waals surface area contributed by atoms with Crippen molar-refractivity contribution in [2.45, 2.75) is 6.04 Å². The summed E-state index contributed by atoms with van der Waals surface area (Å²) in [6.45, 7) is 0.732. The van der Waals surface area contributed by atoms with Crippen molar-refractivity contribution in [1.29, 1.82) is 0 Å². The fraction of sp³-hybridized carbons (Fsp3) is 0.125. The zero-order valence-corrected chi connectivity index (χ0v) is 10.8. The van der Waals surface area contributed by atoms with Gasteiger partial charge in [0, 0.05) is 5.56 Å². The lowest BCUT2D eigenvalue weighted by atomic mass is 10.1. The molecule has 0 aromatic heterocycles. The third-order valence-corrected chi connectivity index (χ3v) is 3.44. The quantitative estimate of drug-likeness (QED) is 0.835. The third-order valence-electron chi connectivity index (χ3n) is 3.44. The Morgan fingerprint density at radius 3 is 2.35 bits per heavy atom. The van der Waals surface area contributed by atoms with Crippen molar-refractivity contribution in [3.8, 4) is 0 Å². The van der Waals surface area contributed by atoms with Crippen molar-refractivity contribution < 1.29 is 4.74 Å². The largest absolute Gasteiger partial charge is 0.403 e. The molecule has 0 N–H and O–H groups in total. The molecule has 0 bridgehead atoms. The van der Waals surface area contributed by atoms with E-state index in [0.717, 1.165) is 12.1 Å². The minimum absolute atomic E-state index is 0.104. The monoisotopic (exact) mass is 263 g/mol. The van der Waals surface area contributed by atoms with E-state index in [9.17, 15) is 0 Å². The first-order valence-corrected chi connectivity index (χ1v) is 6.62. The van der Waals surface area contributed by atoms with Gasteiger partial charge in [-0.15, -0.1) is 5.10 Å². The predicted octanol–water partition coefficient (Wildman–Crippen LogP) is 2.79. The van der Waals surface area contributed by atoms with Crippen molar-refractivity contribution in [3.63, 3.8) is 0 Å². The number of ether oxygens (including phenoxy) is 1. The molecule has 2 aromatic carbocycles. The average Bonchev–Trinajstić information content (AvgIpc) is 3.08. The second kappa shape index (κ2) is 4.49. The van der Waals surface area contributed by atoms with Gasteiger partial charge in [0.2, 0.25) is 5.90 Å². The second-order valence-corrected chi connectivity index (χ2v) is 4.79. The molecular formula is C16H13N3O.